The molecule has 4 nitrogen and oxygen atoms in total. The third kappa shape index (κ3) is 3.47. The minimum absolute atomic E-state index is 0.620. The summed E-state index contributed by atoms with van der Waals surface area (Å²) in [4.78, 5) is 4.38. The molecule has 2 aromatic rings. The van der Waals surface area contributed by atoms with Gasteiger partial charge in [0.1, 0.15) is 19.0 Å². The highest BCUT2D eigenvalue weighted by Crippen LogP contribution is 2.30. The maximum atomic E-state index is 5.60. The molecule has 1 N–H and O–H groups in total. The van der Waals surface area contributed by atoms with E-state index in [4.69, 9.17) is 9.47 Å². The van der Waals surface area contributed by atoms with Crippen molar-refractivity contribution in [1.82, 2.24) is 4.98 Å². The molecule has 0 bridgehead atoms. The Morgan fingerprint density at radius 1 is 1.19 bits per heavy atom. The number of ether oxygens (including phenoxy) is 2. The van der Waals surface area contributed by atoms with Crippen molar-refractivity contribution in [2.24, 2.45) is 0 Å². The van der Waals surface area contributed by atoms with Crippen LogP contribution in [0.4, 0.5) is 5.82 Å². The monoisotopic (exact) mass is 348 g/mol. The summed E-state index contributed by atoms with van der Waals surface area (Å²) < 4.78 is 12.1. The fraction of sp³-hybridized carbons (Fsp3) is 0.312. The average molecular weight is 349 g/mol. The minimum atomic E-state index is 0.620. The first-order valence-corrected chi connectivity index (χ1v) is 7.76. The van der Waals surface area contributed by atoms with Crippen molar-refractivity contribution in [3.63, 3.8) is 0 Å². The second-order valence-corrected chi connectivity index (χ2v) is 5.85. The van der Waals surface area contributed by atoms with Crippen molar-refractivity contribution >= 4 is 21.7 Å². The number of aromatic nitrogens is 1. The van der Waals surface area contributed by atoms with Crippen molar-refractivity contribution in [3.8, 4) is 11.5 Å². The summed E-state index contributed by atoms with van der Waals surface area (Å²) in [5, 5.41) is 3.34. The van der Waals surface area contributed by atoms with Gasteiger partial charge >= 0.3 is 0 Å². The lowest BCUT2D eigenvalue weighted by molar-refractivity contribution is 0.171. The van der Waals surface area contributed by atoms with Crippen LogP contribution < -0.4 is 14.8 Å². The highest BCUT2D eigenvalue weighted by Gasteiger charge is 2.11. The molecule has 1 aliphatic rings. The quantitative estimate of drug-likeness (QED) is 0.916. The molecule has 0 unspecified atom stereocenters. The standard InChI is InChI=1S/C16H17BrN2O2/c1-11-8-13(17)16(19-10-11)18-5-4-12-2-3-14-15(9-12)21-7-6-20-14/h2-3,8-10H,4-7H2,1H3,(H,18,19). The number of fused-ring (bicyclic) bond motifs is 1. The van der Waals surface area contributed by atoms with Gasteiger partial charge in [-0.05, 0) is 58.6 Å². The van der Waals surface area contributed by atoms with E-state index in [0.29, 0.717) is 13.2 Å². The zero-order valence-corrected chi connectivity index (χ0v) is 13.4. The van der Waals surface area contributed by atoms with Crippen LogP contribution in [0.1, 0.15) is 11.1 Å². The van der Waals surface area contributed by atoms with Crippen LogP contribution in [0.2, 0.25) is 0 Å². The number of benzene rings is 1. The topological polar surface area (TPSA) is 43.4 Å². The molecule has 1 aromatic heterocycles. The van der Waals surface area contributed by atoms with E-state index in [2.05, 4.69) is 38.4 Å². The zero-order valence-electron chi connectivity index (χ0n) is 11.9. The van der Waals surface area contributed by atoms with Gasteiger partial charge in [-0.2, -0.15) is 0 Å². The van der Waals surface area contributed by atoms with E-state index in [-0.39, 0.29) is 0 Å². The molecule has 21 heavy (non-hydrogen) atoms. The third-order valence-corrected chi connectivity index (χ3v) is 3.90. The number of anilines is 1. The molecule has 0 amide bonds. The lowest BCUT2D eigenvalue weighted by atomic mass is 10.1. The Kier molecular flexibility index (Phi) is 4.29. The number of nitrogens with zero attached hydrogens (tertiary/aromatic N) is 1. The van der Waals surface area contributed by atoms with Crippen LogP contribution in [0.15, 0.2) is 34.9 Å². The van der Waals surface area contributed by atoms with E-state index >= 15 is 0 Å². The minimum Gasteiger partial charge on any atom is -0.486 e. The van der Waals surface area contributed by atoms with Gasteiger partial charge in [0.25, 0.3) is 0 Å². The van der Waals surface area contributed by atoms with Crippen LogP contribution in [0.3, 0.4) is 0 Å². The molecule has 0 saturated heterocycles. The Morgan fingerprint density at radius 2 is 2.00 bits per heavy atom. The van der Waals surface area contributed by atoms with Gasteiger partial charge in [-0.15, -0.1) is 0 Å². The third-order valence-electron chi connectivity index (χ3n) is 3.29. The molecule has 0 fully saturated rings. The summed E-state index contributed by atoms with van der Waals surface area (Å²) in [6, 6.07) is 8.16. The second kappa shape index (κ2) is 6.35. The first kappa shape index (κ1) is 14.2. The van der Waals surface area contributed by atoms with Gasteiger partial charge < -0.3 is 14.8 Å². The van der Waals surface area contributed by atoms with Gasteiger partial charge in [0, 0.05) is 12.7 Å². The predicted molar refractivity (Wildman–Crippen MR) is 86.3 cm³/mol. The SMILES string of the molecule is Cc1cnc(NCCc2ccc3c(c2)OCCO3)c(Br)c1. The van der Waals surface area contributed by atoms with E-state index in [0.717, 1.165) is 40.3 Å². The number of nitrogens with one attached hydrogen (secondary N) is 1. The Labute approximate surface area is 132 Å². The Hall–Kier alpha value is -1.75. The first-order valence-electron chi connectivity index (χ1n) is 6.97. The van der Waals surface area contributed by atoms with E-state index in [9.17, 15) is 0 Å². The molecule has 0 aliphatic carbocycles. The van der Waals surface area contributed by atoms with Crippen LogP contribution in [-0.4, -0.2) is 24.7 Å². The number of pyridine rings is 1. The molecule has 0 atom stereocenters. The number of hydrogen-bond acceptors (Lipinski definition) is 4. The van der Waals surface area contributed by atoms with E-state index < -0.39 is 0 Å². The second-order valence-electron chi connectivity index (χ2n) is 5.00. The Balaban J connectivity index is 1.60. The van der Waals surface area contributed by atoms with Gasteiger partial charge in [-0.25, -0.2) is 4.98 Å². The molecule has 110 valence electrons. The van der Waals surface area contributed by atoms with E-state index in [1.165, 1.54) is 5.56 Å². The van der Waals surface area contributed by atoms with Gasteiger partial charge in [0.05, 0.1) is 4.47 Å². The first-order chi connectivity index (χ1) is 10.2. The van der Waals surface area contributed by atoms with Crippen molar-refractivity contribution in [2.75, 3.05) is 25.1 Å². The van der Waals surface area contributed by atoms with Crippen LogP contribution in [0.25, 0.3) is 0 Å². The molecule has 1 aliphatic heterocycles. The summed E-state index contributed by atoms with van der Waals surface area (Å²) in [5.41, 5.74) is 2.36. The molecule has 0 radical (unpaired) electrons. The molecule has 5 heteroatoms. The van der Waals surface area contributed by atoms with E-state index in [1.54, 1.807) is 0 Å². The molecular weight excluding hydrogens is 332 g/mol. The number of halogens is 1. The average Bonchev–Trinajstić information content (AvgIpc) is 2.49. The predicted octanol–water partition coefficient (Wildman–Crippen LogP) is 3.58. The lowest BCUT2D eigenvalue weighted by Crippen LogP contribution is -2.15. The number of rotatable bonds is 4. The van der Waals surface area contributed by atoms with Crippen molar-refractivity contribution < 1.29 is 9.47 Å². The molecule has 3 rings (SSSR count). The fourth-order valence-electron chi connectivity index (χ4n) is 2.23. The van der Waals surface area contributed by atoms with Crippen molar-refractivity contribution in [3.05, 3.63) is 46.1 Å². The zero-order chi connectivity index (χ0) is 14.7. The molecule has 2 heterocycles. The lowest BCUT2D eigenvalue weighted by Gasteiger charge is -2.19. The Morgan fingerprint density at radius 3 is 2.81 bits per heavy atom. The summed E-state index contributed by atoms with van der Waals surface area (Å²) in [6.45, 7) is 4.08. The fourth-order valence-corrected chi connectivity index (χ4v) is 2.84. The van der Waals surface area contributed by atoms with Crippen molar-refractivity contribution in [2.45, 2.75) is 13.3 Å². The smallest absolute Gasteiger partial charge is 0.161 e. The van der Waals surface area contributed by atoms with Crippen LogP contribution in [0, 0.1) is 6.92 Å². The normalized spacial score (nSPS) is 13.0. The molecule has 1 aromatic carbocycles. The van der Waals surface area contributed by atoms with Gasteiger partial charge in [-0.1, -0.05) is 6.07 Å². The number of hydrogen-bond donors (Lipinski definition) is 1. The summed E-state index contributed by atoms with van der Waals surface area (Å²) >= 11 is 3.52. The van der Waals surface area contributed by atoms with Crippen molar-refractivity contribution in [1.29, 1.82) is 0 Å². The van der Waals surface area contributed by atoms with E-state index in [1.807, 2.05) is 25.3 Å². The van der Waals surface area contributed by atoms with Crippen LogP contribution >= 0.6 is 15.9 Å². The maximum Gasteiger partial charge on any atom is 0.161 e. The summed E-state index contributed by atoms with van der Waals surface area (Å²) in [5.74, 6) is 2.55. The molecule has 0 saturated carbocycles. The van der Waals surface area contributed by atoms with Gasteiger partial charge in [-0.3, -0.25) is 0 Å². The summed E-state index contributed by atoms with van der Waals surface area (Å²) in [7, 11) is 0. The number of aryl methyl sites for hydroxylation is 1. The molecule has 0 spiro atoms. The summed E-state index contributed by atoms with van der Waals surface area (Å²) in [6.07, 6.45) is 2.76. The Bertz CT molecular complexity index is 646. The molecular formula is C16H17BrN2O2. The highest BCUT2D eigenvalue weighted by atomic mass is 79.9. The van der Waals surface area contributed by atoms with Crippen LogP contribution in [0.5, 0.6) is 11.5 Å². The largest absolute Gasteiger partial charge is 0.486 e. The van der Waals surface area contributed by atoms with Gasteiger partial charge in [0.2, 0.25) is 0 Å². The maximum absolute atomic E-state index is 5.60. The highest BCUT2D eigenvalue weighted by molar-refractivity contribution is 9.10. The van der Waals surface area contributed by atoms with Crippen LogP contribution in [-0.2, 0) is 6.42 Å². The van der Waals surface area contributed by atoms with Gasteiger partial charge in [0.15, 0.2) is 11.5 Å².